The lowest BCUT2D eigenvalue weighted by Gasteiger charge is -2.18. The summed E-state index contributed by atoms with van der Waals surface area (Å²) in [6.07, 6.45) is 2.02. The van der Waals surface area contributed by atoms with Crippen LogP contribution in [0.4, 0.5) is 0 Å². The molecule has 1 amide bonds. The number of nitrogens with zero attached hydrogens (tertiary/aromatic N) is 2. The molecule has 1 aromatic heterocycles. The van der Waals surface area contributed by atoms with Gasteiger partial charge in [-0.25, -0.2) is 0 Å². The van der Waals surface area contributed by atoms with Gasteiger partial charge in [0, 0.05) is 38.2 Å². The van der Waals surface area contributed by atoms with E-state index in [0.717, 1.165) is 18.5 Å². The Kier molecular flexibility index (Phi) is 5.45. The van der Waals surface area contributed by atoms with E-state index >= 15 is 0 Å². The van der Waals surface area contributed by atoms with Crippen LogP contribution in [0.1, 0.15) is 29.7 Å². The van der Waals surface area contributed by atoms with Crippen molar-refractivity contribution in [2.75, 3.05) is 13.1 Å². The van der Waals surface area contributed by atoms with E-state index in [2.05, 4.69) is 25.1 Å². The Bertz CT molecular complexity index is 857. The number of carbonyl (C=O) groups is 1. The highest BCUT2D eigenvalue weighted by atomic mass is 16.5. The number of hydrogen-bond acceptors (Lipinski definition) is 3. The molecule has 138 valence electrons. The molecule has 0 bridgehead atoms. The van der Waals surface area contributed by atoms with E-state index in [1.807, 2.05) is 24.0 Å². The molecule has 2 heterocycles. The molecule has 1 aromatic carbocycles. The van der Waals surface area contributed by atoms with Crippen LogP contribution in [0, 0.1) is 13.8 Å². The van der Waals surface area contributed by atoms with Crippen LogP contribution in [-0.2, 0) is 18.3 Å². The van der Waals surface area contributed by atoms with Crippen molar-refractivity contribution in [1.29, 1.82) is 0 Å². The van der Waals surface area contributed by atoms with Gasteiger partial charge in [-0.15, -0.1) is 0 Å². The molecule has 1 aliphatic rings. The Hall–Kier alpha value is -2.56. The van der Waals surface area contributed by atoms with Crippen molar-refractivity contribution in [2.45, 2.75) is 39.2 Å². The number of likely N-dealkylation sites (tertiary alicyclic amines) is 1. The van der Waals surface area contributed by atoms with E-state index in [4.69, 9.17) is 4.74 Å². The zero-order chi connectivity index (χ0) is 18.7. The van der Waals surface area contributed by atoms with Gasteiger partial charge in [0.05, 0.1) is 6.54 Å². The number of hydrogen-bond donors (Lipinski definition) is 0. The quantitative estimate of drug-likeness (QED) is 0.829. The zero-order valence-corrected chi connectivity index (χ0v) is 15.7. The van der Waals surface area contributed by atoms with Gasteiger partial charge in [0.15, 0.2) is 0 Å². The summed E-state index contributed by atoms with van der Waals surface area (Å²) in [6, 6.07) is 11.7. The van der Waals surface area contributed by atoms with Gasteiger partial charge < -0.3 is 14.2 Å². The van der Waals surface area contributed by atoms with Crippen molar-refractivity contribution in [3.8, 4) is 5.75 Å². The highest BCUT2D eigenvalue weighted by molar-refractivity contribution is 5.76. The molecule has 1 unspecified atom stereocenters. The van der Waals surface area contributed by atoms with Crippen LogP contribution < -0.4 is 10.3 Å². The van der Waals surface area contributed by atoms with E-state index in [1.165, 1.54) is 17.2 Å². The van der Waals surface area contributed by atoms with Crippen molar-refractivity contribution in [1.82, 2.24) is 9.47 Å². The van der Waals surface area contributed by atoms with E-state index < -0.39 is 0 Å². The topological polar surface area (TPSA) is 51.5 Å². The molecule has 1 fully saturated rings. The molecule has 5 heteroatoms. The second-order valence-electron chi connectivity index (χ2n) is 7.09. The van der Waals surface area contributed by atoms with Crippen LogP contribution in [-0.4, -0.2) is 34.6 Å². The summed E-state index contributed by atoms with van der Waals surface area (Å²) >= 11 is 0. The predicted octanol–water partition coefficient (Wildman–Crippen LogP) is 2.61. The van der Waals surface area contributed by atoms with E-state index in [9.17, 15) is 9.59 Å². The fraction of sp³-hybridized carbons (Fsp3) is 0.429. The molecule has 3 rings (SSSR count). The van der Waals surface area contributed by atoms with E-state index in [-0.39, 0.29) is 17.6 Å². The van der Waals surface area contributed by atoms with Crippen molar-refractivity contribution in [3.05, 3.63) is 63.6 Å². The molecule has 26 heavy (non-hydrogen) atoms. The third-order valence-corrected chi connectivity index (χ3v) is 4.99. The Balaban J connectivity index is 1.53. The van der Waals surface area contributed by atoms with Gasteiger partial charge in [0.25, 0.3) is 5.56 Å². The molecule has 1 saturated heterocycles. The van der Waals surface area contributed by atoms with Crippen LogP contribution in [0.5, 0.6) is 5.75 Å². The van der Waals surface area contributed by atoms with Crippen molar-refractivity contribution < 1.29 is 9.53 Å². The largest absolute Gasteiger partial charge is 0.488 e. The molecule has 0 saturated carbocycles. The molecule has 1 aliphatic heterocycles. The molecular weight excluding hydrogens is 328 g/mol. The Morgan fingerprint density at radius 2 is 2.04 bits per heavy atom. The average Bonchev–Trinajstić information content (AvgIpc) is 3.06. The molecule has 1 atom stereocenters. The first-order chi connectivity index (χ1) is 12.4. The van der Waals surface area contributed by atoms with Crippen molar-refractivity contribution in [3.63, 3.8) is 0 Å². The number of amides is 1. The lowest BCUT2D eigenvalue weighted by Crippen LogP contribution is -2.31. The molecule has 5 nitrogen and oxygen atoms in total. The minimum Gasteiger partial charge on any atom is -0.488 e. The van der Waals surface area contributed by atoms with Gasteiger partial charge in [-0.2, -0.15) is 0 Å². The summed E-state index contributed by atoms with van der Waals surface area (Å²) in [4.78, 5) is 26.2. The highest BCUT2D eigenvalue weighted by Gasteiger charge is 2.27. The number of carbonyl (C=O) groups excluding carboxylic acids is 1. The van der Waals surface area contributed by atoms with Gasteiger partial charge >= 0.3 is 0 Å². The lowest BCUT2D eigenvalue weighted by atomic mass is 10.1. The van der Waals surface area contributed by atoms with Crippen LogP contribution >= 0.6 is 0 Å². The first-order valence-electron chi connectivity index (χ1n) is 9.10. The summed E-state index contributed by atoms with van der Waals surface area (Å²) in [7, 11) is 1.74. The number of rotatable bonds is 5. The lowest BCUT2D eigenvalue weighted by molar-refractivity contribution is -0.130. The molecule has 0 N–H and O–H groups in total. The van der Waals surface area contributed by atoms with Gasteiger partial charge in [0.1, 0.15) is 11.9 Å². The fourth-order valence-corrected chi connectivity index (χ4v) is 3.33. The SMILES string of the molecule is Cc1cccc(CCC(=O)N2CCC(Oc3cc(C)n(C)c(=O)c3)C2)c1. The van der Waals surface area contributed by atoms with Crippen molar-refractivity contribution >= 4 is 5.91 Å². The van der Waals surface area contributed by atoms with Gasteiger partial charge in [-0.1, -0.05) is 29.8 Å². The summed E-state index contributed by atoms with van der Waals surface area (Å²) in [5, 5.41) is 0. The van der Waals surface area contributed by atoms with Gasteiger partial charge in [-0.3, -0.25) is 9.59 Å². The maximum atomic E-state index is 12.5. The standard InChI is InChI=1S/C21H26N2O3/c1-15-5-4-6-17(11-15)7-8-20(24)23-10-9-18(14-23)26-19-12-16(2)22(3)21(25)13-19/h4-6,11-13,18H,7-10,14H2,1-3H3. The summed E-state index contributed by atoms with van der Waals surface area (Å²) in [5.41, 5.74) is 3.19. The third kappa shape index (κ3) is 4.34. The van der Waals surface area contributed by atoms with Crippen molar-refractivity contribution in [2.24, 2.45) is 7.05 Å². The maximum absolute atomic E-state index is 12.5. The Morgan fingerprint density at radius 1 is 1.23 bits per heavy atom. The molecule has 0 radical (unpaired) electrons. The molecule has 0 aliphatic carbocycles. The Morgan fingerprint density at radius 3 is 2.77 bits per heavy atom. The first-order valence-corrected chi connectivity index (χ1v) is 9.10. The van der Waals surface area contributed by atoms with Gasteiger partial charge in [0.2, 0.25) is 5.91 Å². The highest BCUT2D eigenvalue weighted by Crippen LogP contribution is 2.19. The Labute approximate surface area is 154 Å². The smallest absolute Gasteiger partial charge is 0.254 e. The summed E-state index contributed by atoms with van der Waals surface area (Å²) < 4.78 is 7.53. The minimum atomic E-state index is -0.0796. The van der Waals surface area contributed by atoms with E-state index in [1.54, 1.807) is 11.6 Å². The summed E-state index contributed by atoms with van der Waals surface area (Å²) in [5.74, 6) is 0.752. The fourth-order valence-electron chi connectivity index (χ4n) is 3.33. The minimum absolute atomic E-state index is 0.0515. The number of pyridine rings is 1. The van der Waals surface area contributed by atoms with E-state index in [0.29, 0.717) is 25.3 Å². The van der Waals surface area contributed by atoms with Gasteiger partial charge in [-0.05, 0) is 31.9 Å². The maximum Gasteiger partial charge on any atom is 0.254 e. The first kappa shape index (κ1) is 18.2. The van der Waals surface area contributed by atoms with Crippen LogP contribution in [0.3, 0.4) is 0 Å². The monoisotopic (exact) mass is 354 g/mol. The van der Waals surface area contributed by atoms with Crippen LogP contribution in [0.25, 0.3) is 0 Å². The second-order valence-corrected chi connectivity index (χ2v) is 7.09. The number of benzene rings is 1. The number of aryl methyl sites for hydroxylation is 3. The third-order valence-electron chi connectivity index (χ3n) is 4.99. The molecular formula is C21H26N2O3. The average molecular weight is 354 g/mol. The molecule has 0 spiro atoms. The summed E-state index contributed by atoms with van der Waals surface area (Å²) in [6.45, 7) is 5.23. The zero-order valence-electron chi connectivity index (χ0n) is 15.7. The van der Waals surface area contributed by atoms with Crippen LogP contribution in [0.15, 0.2) is 41.2 Å². The normalized spacial score (nSPS) is 16.7. The second kappa shape index (κ2) is 7.77. The number of aromatic nitrogens is 1. The van der Waals surface area contributed by atoms with Crippen LogP contribution in [0.2, 0.25) is 0 Å². The number of ether oxygens (including phenoxy) is 1. The predicted molar refractivity (Wildman–Crippen MR) is 102 cm³/mol. The molecule has 2 aromatic rings.